The minimum absolute atomic E-state index is 0.187. The number of nitrogens with one attached hydrogen (secondary N) is 1. The van der Waals surface area contributed by atoms with Crippen molar-refractivity contribution in [2.24, 2.45) is 0 Å². The van der Waals surface area contributed by atoms with Crippen LogP contribution >= 0.6 is 12.6 Å². The molecule has 0 atom stereocenters. The Hall–Kier alpha value is -2.02. The van der Waals surface area contributed by atoms with Gasteiger partial charge in [0.05, 0.1) is 5.69 Å². The fraction of sp³-hybridized carbons (Fsp3) is 0.0769. The highest BCUT2D eigenvalue weighted by Gasteiger charge is 2.33. The van der Waals surface area contributed by atoms with Gasteiger partial charge >= 0.3 is 6.18 Å². The Bertz CT molecular complexity index is 763. The van der Waals surface area contributed by atoms with Crippen molar-refractivity contribution >= 4 is 23.7 Å². The topological polar surface area (TPSA) is 41.6 Å². The number of pyridine rings is 2. The van der Waals surface area contributed by atoms with E-state index < -0.39 is 11.9 Å². The number of aromatic amines is 1. The number of fused-ring (bicyclic) bond motifs is 1. The molecule has 7 heteroatoms. The average Bonchev–Trinajstić information content (AvgIpc) is 2.83. The predicted octanol–water partition coefficient (Wildman–Crippen LogP) is 3.93. The van der Waals surface area contributed by atoms with Gasteiger partial charge in [-0.2, -0.15) is 13.2 Å². The SMILES string of the molecule is FC(F)(F)c1cc2c(-c3ccc(S)cn3)ccnc2[nH]1. The maximum Gasteiger partial charge on any atom is 0.431 e. The van der Waals surface area contributed by atoms with E-state index in [0.717, 1.165) is 6.07 Å². The standard InChI is InChI=1S/C13H8F3N3S/c14-13(15,16)11-5-9-8(3-4-17-12(9)19-11)10-2-1-7(20)6-18-10/h1-6,20H,(H,17,19). The molecule has 3 nitrogen and oxygen atoms in total. The Labute approximate surface area is 117 Å². The van der Waals surface area contributed by atoms with Gasteiger partial charge in [0.25, 0.3) is 0 Å². The molecule has 1 N–H and O–H groups in total. The highest BCUT2D eigenvalue weighted by Crippen LogP contribution is 2.34. The van der Waals surface area contributed by atoms with Crippen LogP contribution in [0.5, 0.6) is 0 Å². The summed E-state index contributed by atoms with van der Waals surface area (Å²) in [6.07, 6.45) is -1.44. The Balaban J connectivity index is 2.21. The lowest BCUT2D eigenvalue weighted by Crippen LogP contribution is -2.04. The summed E-state index contributed by atoms with van der Waals surface area (Å²) in [4.78, 5) is 11.1. The lowest BCUT2D eigenvalue weighted by atomic mass is 10.1. The Morgan fingerprint density at radius 1 is 1.10 bits per heavy atom. The number of thiol groups is 1. The summed E-state index contributed by atoms with van der Waals surface area (Å²) < 4.78 is 38.2. The van der Waals surface area contributed by atoms with Gasteiger partial charge in [-0.1, -0.05) is 0 Å². The van der Waals surface area contributed by atoms with Crippen molar-refractivity contribution in [1.82, 2.24) is 15.0 Å². The predicted molar refractivity (Wildman–Crippen MR) is 71.6 cm³/mol. The summed E-state index contributed by atoms with van der Waals surface area (Å²) in [5, 5.41) is 0.388. The highest BCUT2D eigenvalue weighted by atomic mass is 32.1. The van der Waals surface area contributed by atoms with Gasteiger partial charge in [0.1, 0.15) is 11.3 Å². The molecule has 3 heterocycles. The first-order valence-electron chi connectivity index (χ1n) is 5.65. The number of alkyl halides is 3. The van der Waals surface area contributed by atoms with Crippen LogP contribution in [0.25, 0.3) is 22.3 Å². The molecule has 0 unspecified atom stereocenters. The van der Waals surface area contributed by atoms with Crippen LogP contribution in [0, 0.1) is 0 Å². The number of H-pyrrole nitrogens is 1. The molecule has 102 valence electrons. The number of aromatic nitrogens is 3. The first-order valence-corrected chi connectivity index (χ1v) is 6.10. The zero-order valence-corrected chi connectivity index (χ0v) is 10.8. The smallest absolute Gasteiger partial charge is 0.336 e. The molecular weight excluding hydrogens is 287 g/mol. The van der Waals surface area contributed by atoms with Crippen molar-refractivity contribution in [1.29, 1.82) is 0 Å². The largest absolute Gasteiger partial charge is 0.431 e. The second kappa shape index (κ2) is 4.52. The molecule has 0 aliphatic heterocycles. The first-order chi connectivity index (χ1) is 9.45. The number of halogens is 3. The maximum absolute atomic E-state index is 12.7. The second-order valence-corrected chi connectivity index (χ2v) is 4.72. The van der Waals surface area contributed by atoms with Crippen LogP contribution in [0.2, 0.25) is 0 Å². The molecule has 0 radical (unpaired) electrons. The molecule has 0 fully saturated rings. The van der Waals surface area contributed by atoms with E-state index in [1.807, 2.05) is 0 Å². The molecule has 3 aromatic heterocycles. The van der Waals surface area contributed by atoms with Gasteiger partial charge < -0.3 is 4.98 Å². The maximum atomic E-state index is 12.7. The van der Waals surface area contributed by atoms with Gasteiger partial charge in [-0.25, -0.2) is 4.98 Å². The fourth-order valence-corrected chi connectivity index (χ4v) is 2.08. The third kappa shape index (κ3) is 2.24. The van der Waals surface area contributed by atoms with E-state index in [0.29, 0.717) is 21.5 Å². The molecule has 3 rings (SSSR count). The Morgan fingerprint density at radius 3 is 2.55 bits per heavy atom. The van der Waals surface area contributed by atoms with Gasteiger partial charge in [-0.05, 0) is 24.3 Å². The average molecular weight is 295 g/mol. The summed E-state index contributed by atoms with van der Waals surface area (Å²) in [5.74, 6) is 0. The van der Waals surface area contributed by atoms with Crippen LogP contribution < -0.4 is 0 Å². The number of rotatable bonds is 1. The lowest BCUT2D eigenvalue weighted by Gasteiger charge is -2.02. The van der Waals surface area contributed by atoms with Gasteiger partial charge in [0.2, 0.25) is 0 Å². The quantitative estimate of drug-likeness (QED) is 0.668. The summed E-state index contributed by atoms with van der Waals surface area (Å²) >= 11 is 4.13. The number of nitrogens with zero attached hydrogens (tertiary/aromatic N) is 2. The third-order valence-electron chi connectivity index (χ3n) is 2.86. The van der Waals surface area contributed by atoms with E-state index in [9.17, 15) is 13.2 Å². The van der Waals surface area contributed by atoms with Crippen LogP contribution in [0.3, 0.4) is 0 Å². The zero-order valence-electron chi connectivity index (χ0n) is 9.94. The Kier molecular flexibility index (Phi) is 2.93. The van der Waals surface area contributed by atoms with Gasteiger partial charge in [0.15, 0.2) is 0 Å². The van der Waals surface area contributed by atoms with Crippen LogP contribution in [-0.4, -0.2) is 15.0 Å². The molecule has 0 aliphatic carbocycles. The van der Waals surface area contributed by atoms with Crippen LogP contribution in [0.15, 0.2) is 41.6 Å². The molecule has 0 bridgehead atoms. The van der Waals surface area contributed by atoms with Crippen molar-refractivity contribution in [2.75, 3.05) is 0 Å². The minimum Gasteiger partial charge on any atom is -0.336 e. The summed E-state index contributed by atoms with van der Waals surface area (Å²) in [6.45, 7) is 0. The van der Waals surface area contributed by atoms with Gasteiger partial charge in [-0.3, -0.25) is 4.98 Å². The van der Waals surface area contributed by atoms with E-state index in [-0.39, 0.29) is 5.65 Å². The van der Waals surface area contributed by atoms with E-state index in [1.54, 1.807) is 24.4 Å². The highest BCUT2D eigenvalue weighted by molar-refractivity contribution is 7.80. The summed E-state index contributed by atoms with van der Waals surface area (Å²) in [7, 11) is 0. The van der Waals surface area contributed by atoms with Crippen LogP contribution in [0.4, 0.5) is 13.2 Å². The van der Waals surface area contributed by atoms with E-state index in [1.165, 1.54) is 6.20 Å². The Morgan fingerprint density at radius 2 is 1.90 bits per heavy atom. The molecule has 0 aromatic carbocycles. The second-order valence-electron chi connectivity index (χ2n) is 4.20. The molecule has 3 aromatic rings. The number of hydrogen-bond acceptors (Lipinski definition) is 3. The minimum atomic E-state index is -4.43. The van der Waals surface area contributed by atoms with Crippen molar-refractivity contribution in [2.45, 2.75) is 11.1 Å². The van der Waals surface area contributed by atoms with Crippen molar-refractivity contribution in [3.8, 4) is 11.3 Å². The normalized spacial score (nSPS) is 12.0. The molecule has 0 spiro atoms. The van der Waals surface area contributed by atoms with Crippen LogP contribution in [-0.2, 0) is 6.18 Å². The summed E-state index contributed by atoms with van der Waals surface area (Å²) in [5.41, 5.74) is 0.530. The zero-order chi connectivity index (χ0) is 14.3. The molecule has 20 heavy (non-hydrogen) atoms. The molecule has 0 saturated heterocycles. The lowest BCUT2D eigenvalue weighted by molar-refractivity contribution is -0.140. The molecule has 0 amide bonds. The van der Waals surface area contributed by atoms with E-state index in [2.05, 4.69) is 27.6 Å². The third-order valence-corrected chi connectivity index (χ3v) is 3.13. The van der Waals surface area contributed by atoms with E-state index >= 15 is 0 Å². The van der Waals surface area contributed by atoms with Gasteiger partial charge in [-0.15, -0.1) is 12.6 Å². The fourth-order valence-electron chi connectivity index (χ4n) is 1.95. The van der Waals surface area contributed by atoms with Crippen LogP contribution in [0.1, 0.15) is 5.69 Å². The molecule has 0 saturated carbocycles. The van der Waals surface area contributed by atoms with Crippen molar-refractivity contribution in [3.05, 3.63) is 42.4 Å². The first kappa shape index (κ1) is 13.0. The molecule has 0 aliphatic rings. The molecular formula is C13H8F3N3S. The monoisotopic (exact) mass is 295 g/mol. The van der Waals surface area contributed by atoms with E-state index in [4.69, 9.17) is 0 Å². The summed E-state index contributed by atoms with van der Waals surface area (Å²) in [6, 6.07) is 6.12. The van der Waals surface area contributed by atoms with Crippen molar-refractivity contribution < 1.29 is 13.2 Å². The van der Waals surface area contributed by atoms with Crippen molar-refractivity contribution in [3.63, 3.8) is 0 Å². The number of hydrogen-bond donors (Lipinski definition) is 2. The van der Waals surface area contributed by atoms with Gasteiger partial charge in [0, 0.05) is 28.2 Å².